The monoisotopic (exact) mass is 269 g/mol. The van der Waals surface area contributed by atoms with Crippen LogP contribution in [-0.4, -0.2) is 24.2 Å². The van der Waals surface area contributed by atoms with Gasteiger partial charge >= 0.3 is 0 Å². The molecule has 4 heteroatoms. The lowest BCUT2D eigenvalue weighted by atomic mass is 9.98. The molecule has 0 saturated heterocycles. The van der Waals surface area contributed by atoms with Crippen LogP contribution in [0, 0.1) is 0 Å². The molecule has 2 aromatic carbocycles. The summed E-state index contributed by atoms with van der Waals surface area (Å²) in [6.45, 7) is 0.264. The first kappa shape index (κ1) is 12.7. The number of aliphatic hydroxyl groups excluding tert-OH is 1. The number of benzene rings is 2. The molecule has 1 aliphatic heterocycles. The zero-order chi connectivity index (χ0) is 13.9. The Bertz CT molecular complexity index is 652. The van der Waals surface area contributed by atoms with E-state index >= 15 is 0 Å². The summed E-state index contributed by atoms with van der Waals surface area (Å²) in [4.78, 5) is 11.5. The number of carbonyl (C=O) groups is 1. The van der Waals surface area contributed by atoms with E-state index in [0.717, 1.165) is 22.4 Å². The molecule has 0 bridgehead atoms. The minimum Gasteiger partial charge on any atom is -0.491 e. The van der Waals surface area contributed by atoms with Crippen molar-refractivity contribution in [2.45, 2.75) is 6.42 Å². The summed E-state index contributed by atoms with van der Waals surface area (Å²) in [6, 6.07) is 13.5. The van der Waals surface area contributed by atoms with E-state index in [2.05, 4.69) is 5.32 Å². The third kappa shape index (κ3) is 2.38. The van der Waals surface area contributed by atoms with Crippen molar-refractivity contribution in [3.05, 3.63) is 48.0 Å². The molecule has 0 aromatic heterocycles. The highest BCUT2D eigenvalue weighted by molar-refractivity contribution is 6.01. The van der Waals surface area contributed by atoms with Crippen LogP contribution in [0.1, 0.15) is 5.56 Å². The van der Waals surface area contributed by atoms with Gasteiger partial charge in [0.05, 0.1) is 13.0 Å². The van der Waals surface area contributed by atoms with Gasteiger partial charge in [0.25, 0.3) is 0 Å². The highest BCUT2D eigenvalue weighted by atomic mass is 16.5. The first-order chi connectivity index (χ1) is 9.78. The Labute approximate surface area is 117 Å². The van der Waals surface area contributed by atoms with Gasteiger partial charge in [-0.2, -0.15) is 0 Å². The van der Waals surface area contributed by atoms with Crippen LogP contribution < -0.4 is 10.1 Å². The van der Waals surface area contributed by atoms with Gasteiger partial charge in [0.2, 0.25) is 5.91 Å². The predicted octanol–water partition coefficient (Wildman–Crippen LogP) is 2.22. The quantitative estimate of drug-likeness (QED) is 0.894. The van der Waals surface area contributed by atoms with Gasteiger partial charge in [-0.15, -0.1) is 0 Å². The lowest BCUT2D eigenvalue weighted by Gasteiger charge is -2.10. The van der Waals surface area contributed by atoms with Gasteiger partial charge in [-0.3, -0.25) is 4.79 Å². The summed E-state index contributed by atoms with van der Waals surface area (Å²) in [5.74, 6) is 0.742. The minimum atomic E-state index is -0.0105. The smallest absolute Gasteiger partial charge is 0.228 e. The maximum atomic E-state index is 11.5. The molecule has 3 rings (SSSR count). The average molecular weight is 269 g/mol. The van der Waals surface area contributed by atoms with Crippen LogP contribution in [0.4, 0.5) is 5.69 Å². The maximum absolute atomic E-state index is 11.5. The van der Waals surface area contributed by atoms with Crippen LogP contribution >= 0.6 is 0 Å². The van der Waals surface area contributed by atoms with Gasteiger partial charge in [0.1, 0.15) is 12.4 Å². The standard InChI is InChI=1S/C16H15NO3/c18-7-8-20-12-4-1-3-11(9-12)13-5-2-6-15-14(13)10-16(19)17-15/h1-6,9,18H,7-8,10H2,(H,17,19). The summed E-state index contributed by atoms with van der Waals surface area (Å²) in [7, 11) is 0. The number of hydrogen-bond acceptors (Lipinski definition) is 3. The Balaban J connectivity index is 1.98. The van der Waals surface area contributed by atoms with Crippen LogP contribution in [0.5, 0.6) is 5.75 Å². The summed E-state index contributed by atoms with van der Waals surface area (Å²) in [5.41, 5.74) is 3.95. The first-order valence-electron chi connectivity index (χ1n) is 6.54. The van der Waals surface area contributed by atoms with E-state index in [9.17, 15) is 4.79 Å². The molecule has 0 radical (unpaired) electrons. The Morgan fingerprint density at radius 3 is 2.90 bits per heavy atom. The molecule has 102 valence electrons. The number of ether oxygens (including phenoxy) is 1. The van der Waals surface area contributed by atoms with Crippen LogP contribution in [-0.2, 0) is 11.2 Å². The van der Waals surface area contributed by atoms with E-state index in [0.29, 0.717) is 12.2 Å². The van der Waals surface area contributed by atoms with Crippen LogP contribution in [0.2, 0.25) is 0 Å². The average Bonchev–Trinajstić information content (AvgIpc) is 2.85. The summed E-state index contributed by atoms with van der Waals surface area (Å²) in [5, 5.41) is 11.7. The fourth-order valence-electron chi connectivity index (χ4n) is 2.44. The van der Waals surface area contributed by atoms with Gasteiger partial charge in [0, 0.05) is 5.69 Å². The third-order valence-electron chi connectivity index (χ3n) is 3.29. The Hall–Kier alpha value is -2.33. The van der Waals surface area contributed by atoms with Crippen molar-refractivity contribution in [3.63, 3.8) is 0 Å². The molecular formula is C16H15NO3. The SMILES string of the molecule is O=C1Cc2c(cccc2-c2cccc(OCCO)c2)N1. The maximum Gasteiger partial charge on any atom is 0.228 e. The Morgan fingerprint density at radius 2 is 2.05 bits per heavy atom. The van der Waals surface area contributed by atoms with Crippen molar-refractivity contribution in [2.75, 3.05) is 18.5 Å². The number of aliphatic hydroxyl groups is 1. The van der Waals surface area contributed by atoms with Gasteiger partial charge in [-0.1, -0.05) is 24.3 Å². The molecule has 0 spiro atoms. The Morgan fingerprint density at radius 1 is 1.20 bits per heavy atom. The summed E-state index contributed by atoms with van der Waals surface area (Å²) in [6.07, 6.45) is 0.410. The van der Waals surface area contributed by atoms with Crippen LogP contribution in [0.3, 0.4) is 0 Å². The van der Waals surface area contributed by atoms with E-state index in [1.165, 1.54) is 0 Å². The van der Waals surface area contributed by atoms with Crippen molar-refractivity contribution < 1.29 is 14.6 Å². The second-order valence-electron chi connectivity index (χ2n) is 4.66. The van der Waals surface area contributed by atoms with E-state index in [1.54, 1.807) is 0 Å². The molecule has 1 amide bonds. The fourth-order valence-corrected chi connectivity index (χ4v) is 2.44. The van der Waals surface area contributed by atoms with Crippen molar-refractivity contribution in [2.24, 2.45) is 0 Å². The number of amides is 1. The highest BCUT2D eigenvalue weighted by Gasteiger charge is 2.20. The molecule has 2 N–H and O–H groups in total. The van der Waals surface area contributed by atoms with Crippen molar-refractivity contribution in [3.8, 4) is 16.9 Å². The predicted molar refractivity (Wildman–Crippen MR) is 76.8 cm³/mol. The van der Waals surface area contributed by atoms with Gasteiger partial charge < -0.3 is 15.2 Å². The third-order valence-corrected chi connectivity index (χ3v) is 3.29. The van der Waals surface area contributed by atoms with E-state index in [1.807, 2.05) is 42.5 Å². The molecular weight excluding hydrogens is 254 g/mol. The number of nitrogens with one attached hydrogen (secondary N) is 1. The topological polar surface area (TPSA) is 58.6 Å². The Kier molecular flexibility index (Phi) is 3.39. The molecule has 0 unspecified atom stereocenters. The summed E-state index contributed by atoms with van der Waals surface area (Å²) < 4.78 is 5.43. The molecule has 1 heterocycles. The normalized spacial score (nSPS) is 12.9. The molecule has 0 aliphatic carbocycles. The molecule has 0 atom stereocenters. The van der Waals surface area contributed by atoms with Crippen molar-refractivity contribution in [1.29, 1.82) is 0 Å². The van der Waals surface area contributed by atoms with Crippen LogP contribution in [0.15, 0.2) is 42.5 Å². The van der Waals surface area contributed by atoms with E-state index in [-0.39, 0.29) is 19.1 Å². The van der Waals surface area contributed by atoms with Gasteiger partial charge in [0.15, 0.2) is 0 Å². The molecule has 4 nitrogen and oxygen atoms in total. The number of hydrogen-bond donors (Lipinski definition) is 2. The molecule has 0 fully saturated rings. The fraction of sp³-hybridized carbons (Fsp3) is 0.188. The highest BCUT2D eigenvalue weighted by Crippen LogP contribution is 2.34. The van der Waals surface area contributed by atoms with Crippen LogP contribution in [0.25, 0.3) is 11.1 Å². The second-order valence-corrected chi connectivity index (χ2v) is 4.66. The zero-order valence-corrected chi connectivity index (χ0v) is 10.9. The lowest BCUT2D eigenvalue weighted by molar-refractivity contribution is -0.115. The van der Waals surface area contributed by atoms with E-state index < -0.39 is 0 Å². The number of anilines is 1. The minimum absolute atomic E-state index is 0.0105. The molecule has 0 saturated carbocycles. The largest absolute Gasteiger partial charge is 0.491 e. The first-order valence-corrected chi connectivity index (χ1v) is 6.54. The molecule has 20 heavy (non-hydrogen) atoms. The zero-order valence-electron chi connectivity index (χ0n) is 10.9. The second kappa shape index (κ2) is 5.35. The van der Waals surface area contributed by atoms with Crippen molar-refractivity contribution in [1.82, 2.24) is 0 Å². The molecule has 1 aliphatic rings. The number of fused-ring (bicyclic) bond motifs is 1. The summed E-state index contributed by atoms with van der Waals surface area (Å²) >= 11 is 0. The molecule has 2 aromatic rings. The lowest BCUT2D eigenvalue weighted by Crippen LogP contribution is -2.03. The van der Waals surface area contributed by atoms with Crippen molar-refractivity contribution >= 4 is 11.6 Å². The van der Waals surface area contributed by atoms with E-state index in [4.69, 9.17) is 9.84 Å². The number of rotatable bonds is 4. The number of carbonyl (C=O) groups excluding carboxylic acids is 1. The van der Waals surface area contributed by atoms with Gasteiger partial charge in [-0.25, -0.2) is 0 Å². The van der Waals surface area contributed by atoms with Gasteiger partial charge in [-0.05, 0) is 34.9 Å².